The molecule has 0 heterocycles. The molecular formula is C69H130NO8P. The molecule has 10 heteroatoms. The molecule has 0 fully saturated rings. The van der Waals surface area contributed by atoms with Gasteiger partial charge in [-0.05, 0) is 77.0 Å². The Bertz CT molecular complexity index is 1470. The van der Waals surface area contributed by atoms with Crippen LogP contribution in [0.4, 0.5) is 0 Å². The number of carbonyl (C=O) groups is 2. The predicted molar refractivity (Wildman–Crippen MR) is 337 cm³/mol. The molecule has 2 unspecified atom stereocenters. The maximum absolute atomic E-state index is 12.8. The Balaban J connectivity index is 3.95. The lowest BCUT2D eigenvalue weighted by atomic mass is 10.0. The molecule has 0 spiro atoms. The topological polar surface area (TPSA) is 111 Å². The molecule has 0 aliphatic rings. The number of ether oxygens (including phenoxy) is 2. The minimum atomic E-state index is -4.64. The van der Waals surface area contributed by atoms with Crippen molar-refractivity contribution in [2.75, 3.05) is 47.5 Å². The lowest BCUT2D eigenvalue weighted by molar-refractivity contribution is -0.870. The van der Waals surface area contributed by atoms with Crippen molar-refractivity contribution in [3.63, 3.8) is 0 Å². The van der Waals surface area contributed by atoms with Crippen molar-refractivity contribution in [3.8, 4) is 0 Å². The summed E-state index contributed by atoms with van der Waals surface area (Å²) < 4.78 is 34.2. The number of esters is 2. The van der Waals surface area contributed by atoms with Crippen LogP contribution in [0.5, 0.6) is 0 Å². The Labute approximate surface area is 490 Å². The van der Waals surface area contributed by atoms with Crippen LogP contribution in [0.1, 0.15) is 328 Å². The molecule has 0 aliphatic heterocycles. The van der Waals surface area contributed by atoms with Crippen LogP contribution in [-0.4, -0.2) is 70.0 Å². The fourth-order valence-electron chi connectivity index (χ4n) is 9.84. The average molecular weight is 1130 g/mol. The molecule has 0 saturated heterocycles. The summed E-state index contributed by atoms with van der Waals surface area (Å²) in [5, 5.41) is 0. The maximum atomic E-state index is 12.8. The summed E-state index contributed by atoms with van der Waals surface area (Å²) in [7, 11) is 1.18. The summed E-state index contributed by atoms with van der Waals surface area (Å²) in [5.41, 5.74) is 0. The smallest absolute Gasteiger partial charge is 0.306 e. The molecule has 0 aromatic rings. The molecule has 0 rings (SSSR count). The number of unbranched alkanes of at least 4 members (excludes halogenated alkanes) is 41. The Morgan fingerprint density at radius 3 is 1.03 bits per heavy atom. The Morgan fingerprint density at radius 1 is 0.392 bits per heavy atom. The number of hydrogen-bond acceptors (Lipinski definition) is 8. The molecule has 79 heavy (non-hydrogen) atoms. The van der Waals surface area contributed by atoms with Gasteiger partial charge in [0.05, 0.1) is 27.7 Å². The van der Waals surface area contributed by atoms with Crippen molar-refractivity contribution in [3.05, 3.63) is 48.6 Å². The second-order valence-corrected chi connectivity index (χ2v) is 25.6. The first-order chi connectivity index (χ1) is 38.5. The van der Waals surface area contributed by atoms with E-state index in [0.717, 1.165) is 57.8 Å². The summed E-state index contributed by atoms with van der Waals surface area (Å²) in [6.45, 7) is 4.27. The van der Waals surface area contributed by atoms with Gasteiger partial charge in [-0.3, -0.25) is 14.2 Å². The highest BCUT2D eigenvalue weighted by Gasteiger charge is 2.22. The zero-order chi connectivity index (χ0) is 57.7. The zero-order valence-electron chi connectivity index (χ0n) is 52.8. The number of allylic oxidation sites excluding steroid dienone is 8. The van der Waals surface area contributed by atoms with Gasteiger partial charge in [0, 0.05) is 12.8 Å². The quantitative estimate of drug-likeness (QED) is 0.0195. The van der Waals surface area contributed by atoms with Crippen LogP contribution in [0.3, 0.4) is 0 Å². The van der Waals surface area contributed by atoms with Gasteiger partial charge in [0.1, 0.15) is 19.8 Å². The molecule has 0 bridgehead atoms. The van der Waals surface area contributed by atoms with Crippen molar-refractivity contribution >= 4 is 19.8 Å². The van der Waals surface area contributed by atoms with E-state index in [0.29, 0.717) is 17.4 Å². The largest absolute Gasteiger partial charge is 0.756 e. The first kappa shape index (κ1) is 77.0. The highest BCUT2D eigenvalue weighted by molar-refractivity contribution is 7.45. The van der Waals surface area contributed by atoms with E-state index < -0.39 is 26.5 Å². The van der Waals surface area contributed by atoms with Gasteiger partial charge in [0.15, 0.2) is 6.10 Å². The normalized spacial score (nSPS) is 13.4. The standard InChI is InChI=1S/C69H130NO8P/c1-6-8-10-12-14-16-18-20-22-24-26-27-28-29-30-31-32-33-34-35-36-37-38-39-40-41-42-43-44-46-48-50-52-54-56-58-60-62-69(72)78-67(66-77-79(73,74)76-64-63-70(3,4)5)65-75-68(71)61-59-57-55-53-51-49-47-45-25-23-21-19-17-15-13-11-9-7-2/h18,20,23-26,28-29,67H,6-17,19,21-22,27,30-66H2,1-5H3/b20-18-,25-23-,26-24-,29-28-. The number of nitrogens with zero attached hydrogens (tertiary/aromatic N) is 1. The van der Waals surface area contributed by atoms with E-state index in [2.05, 4.69) is 62.5 Å². The fraction of sp³-hybridized carbons (Fsp3) is 0.855. The van der Waals surface area contributed by atoms with Gasteiger partial charge in [0.2, 0.25) is 0 Å². The van der Waals surface area contributed by atoms with Crippen LogP contribution in [-0.2, 0) is 32.7 Å². The van der Waals surface area contributed by atoms with Crippen LogP contribution < -0.4 is 4.89 Å². The summed E-state index contributed by atoms with van der Waals surface area (Å²) in [4.78, 5) is 38.0. The molecule has 0 N–H and O–H groups in total. The summed E-state index contributed by atoms with van der Waals surface area (Å²) >= 11 is 0. The van der Waals surface area contributed by atoms with Crippen LogP contribution >= 0.6 is 7.82 Å². The highest BCUT2D eigenvalue weighted by atomic mass is 31.2. The monoisotopic (exact) mass is 1130 g/mol. The van der Waals surface area contributed by atoms with Crippen LogP contribution in [0.15, 0.2) is 48.6 Å². The second-order valence-electron chi connectivity index (χ2n) is 24.2. The van der Waals surface area contributed by atoms with E-state index in [9.17, 15) is 19.0 Å². The Morgan fingerprint density at radius 2 is 0.684 bits per heavy atom. The predicted octanol–water partition coefficient (Wildman–Crippen LogP) is 21.0. The first-order valence-corrected chi connectivity index (χ1v) is 35.3. The first-order valence-electron chi connectivity index (χ1n) is 33.8. The maximum Gasteiger partial charge on any atom is 0.306 e. The molecular weight excluding hydrogens is 1000 g/mol. The van der Waals surface area contributed by atoms with Gasteiger partial charge in [-0.25, -0.2) is 0 Å². The minimum absolute atomic E-state index is 0.0298. The third-order valence-corrected chi connectivity index (χ3v) is 16.0. The number of phosphoric ester groups is 1. The van der Waals surface area contributed by atoms with Gasteiger partial charge < -0.3 is 27.9 Å². The third kappa shape index (κ3) is 65.0. The van der Waals surface area contributed by atoms with Gasteiger partial charge >= 0.3 is 11.9 Å². The zero-order valence-corrected chi connectivity index (χ0v) is 53.7. The van der Waals surface area contributed by atoms with Crippen molar-refractivity contribution in [1.29, 1.82) is 0 Å². The van der Waals surface area contributed by atoms with Crippen molar-refractivity contribution in [1.82, 2.24) is 0 Å². The van der Waals surface area contributed by atoms with Gasteiger partial charge in [-0.2, -0.15) is 0 Å². The van der Waals surface area contributed by atoms with Crippen molar-refractivity contribution < 1.29 is 42.1 Å². The molecule has 0 amide bonds. The molecule has 464 valence electrons. The Kier molecular flexibility index (Phi) is 59.0. The molecule has 9 nitrogen and oxygen atoms in total. The van der Waals surface area contributed by atoms with E-state index >= 15 is 0 Å². The van der Waals surface area contributed by atoms with Gasteiger partial charge in [-0.1, -0.05) is 287 Å². The summed E-state index contributed by atoms with van der Waals surface area (Å²) in [6, 6.07) is 0. The molecule has 0 aliphatic carbocycles. The van der Waals surface area contributed by atoms with Crippen molar-refractivity contribution in [2.45, 2.75) is 335 Å². The third-order valence-electron chi connectivity index (χ3n) is 15.1. The fourth-order valence-corrected chi connectivity index (χ4v) is 10.6. The number of quaternary nitrogens is 1. The summed E-state index contributed by atoms with van der Waals surface area (Å²) in [6.07, 6.45) is 77.6. The Hall–Kier alpha value is -2.03. The molecule has 0 aromatic heterocycles. The minimum Gasteiger partial charge on any atom is -0.756 e. The number of likely N-dealkylation sites (N-methyl/N-ethyl adjacent to an activating group) is 1. The lowest BCUT2D eigenvalue weighted by Gasteiger charge is -2.28. The number of phosphoric acid groups is 1. The number of hydrogen-bond donors (Lipinski definition) is 0. The van der Waals surface area contributed by atoms with E-state index in [1.807, 2.05) is 21.1 Å². The van der Waals surface area contributed by atoms with Gasteiger partial charge in [0.25, 0.3) is 7.82 Å². The molecule has 0 radical (unpaired) electrons. The van der Waals surface area contributed by atoms with E-state index in [1.54, 1.807) is 0 Å². The molecule has 0 saturated carbocycles. The lowest BCUT2D eigenvalue weighted by Crippen LogP contribution is -2.37. The van der Waals surface area contributed by atoms with Crippen LogP contribution in [0.25, 0.3) is 0 Å². The van der Waals surface area contributed by atoms with E-state index in [-0.39, 0.29) is 32.0 Å². The SMILES string of the molecule is CCCCCCC/C=C\C/C=C\C/C=C\CCCCCCCCCCCCCCCCCCCCCCCCC(=O)OC(COC(=O)CCCCCCCCC/C=C\CCCCCCCCC)COP(=O)([O-])OCC[N+](C)(C)C. The molecule has 2 atom stereocenters. The van der Waals surface area contributed by atoms with E-state index in [4.69, 9.17) is 18.5 Å². The second kappa shape index (κ2) is 60.6. The molecule has 0 aromatic carbocycles. The van der Waals surface area contributed by atoms with E-state index in [1.165, 1.54) is 238 Å². The van der Waals surface area contributed by atoms with Crippen LogP contribution in [0, 0.1) is 0 Å². The van der Waals surface area contributed by atoms with Gasteiger partial charge in [-0.15, -0.1) is 0 Å². The highest BCUT2D eigenvalue weighted by Crippen LogP contribution is 2.38. The average Bonchev–Trinajstić information content (AvgIpc) is 3.41. The van der Waals surface area contributed by atoms with Crippen LogP contribution in [0.2, 0.25) is 0 Å². The number of rotatable bonds is 63. The van der Waals surface area contributed by atoms with Crippen molar-refractivity contribution in [2.24, 2.45) is 0 Å². The number of carbonyl (C=O) groups excluding carboxylic acids is 2. The summed E-state index contributed by atoms with van der Waals surface area (Å²) in [5.74, 6) is -0.823.